The zero-order valence-electron chi connectivity index (χ0n) is 6.01. The summed E-state index contributed by atoms with van der Waals surface area (Å²) in [5.41, 5.74) is 0. The smallest absolute Gasteiger partial charge is 0.293 e. The van der Waals surface area contributed by atoms with Crippen molar-refractivity contribution in [1.82, 2.24) is 4.90 Å². The van der Waals surface area contributed by atoms with Gasteiger partial charge in [0.1, 0.15) is 6.54 Å². The lowest BCUT2D eigenvalue weighted by atomic mass is 10.1. The quantitative estimate of drug-likeness (QED) is 0.561. The first-order chi connectivity index (χ1) is 4.79. The molecule has 0 bridgehead atoms. The number of likely N-dealkylation sites (tertiary alicyclic amines) is 1. The topological polar surface area (TPSA) is 40.2 Å². The van der Waals surface area contributed by atoms with Crippen molar-refractivity contribution >= 4 is 5.97 Å². The average molecular weight is 142 g/mol. The van der Waals surface area contributed by atoms with Crippen LogP contribution in [0.15, 0.2) is 0 Å². The van der Waals surface area contributed by atoms with Gasteiger partial charge in [-0.1, -0.05) is 6.42 Å². The lowest BCUT2D eigenvalue weighted by molar-refractivity contribution is -0.144. The Morgan fingerprint density at radius 3 is 2.30 bits per heavy atom. The van der Waals surface area contributed by atoms with Crippen LogP contribution in [0, 0.1) is 0 Å². The molecule has 0 atom stereocenters. The van der Waals surface area contributed by atoms with Gasteiger partial charge < -0.3 is 0 Å². The van der Waals surface area contributed by atoms with Crippen molar-refractivity contribution in [3.05, 3.63) is 0 Å². The molecule has 0 aromatic heterocycles. The van der Waals surface area contributed by atoms with Crippen LogP contribution in [0.4, 0.5) is 0 Å². The first-order valence-corrected chi connectivity index (χ1v) is 3.71. The Morgan fingerprint density at radius 2 is 1.80 bits per heavy atom. The summed E-state index contributed by atoms with van der Waals surface area (Å²) in [5, 5.41) is 10.1. The van der Waals surface area contributed by atoms with Gasteiger partial charge in [0.25, 0.3) is 0 Å². The Kier molecular flexibility index (Phi) is 2.68. The zero-order valence-corrected chi connectivity index (χ0v) is 6.01. The Labute approximate surface area is 60.6 Å². The van der Waals surface area contributed by atoms with E-state index in [0.29, 0.717) is 0 Å². The largest absolute Gasteiger partial charge is 0.369 e. The minimum absolute atomic E-state index is 0.111. The van der Waals surface area contributed by atoms with Gasteiger partial charge in [-0.2, -0.15) is 0 Å². The number of piperidine rings is 1. The maximum atomic E-state index is 10.1. The molecule has 0 aromatic rings. The van der Waals surface area contributed by atoms with Crippen molar-refractivity contribution < 1.29 is 9.90 Å². The van der Waals surface area contributed by atoms with Crippen LogP contribution in [0.2, 0.25) is 0 Å². The summed E-state index contributed by atoms with van der Waals surface area (Å²) in [7, 11) is 0. The van der Waals surface area contributed by atoms with Gasteiger partial charge >= 0.3 is 5.97 Å². The van der Waals surface area contributed by atoms with Crippen LogP contribution in [0.1, 0.15) is 19.3 Å². The molecule has 1 fully saturated rings. The average Bonchev–Trinajstić information content (AvgIpc) is 1.88. The highest BCUT2D eigenvalue weighted by atomic mass is 16.4. The normalized spacial score (nSPS) is 20.8. The van der Waals surface area contributed by atoms with Crippen LogP contribution in [0.25, 0.3) is 0 Å². The molecule has 57 valence electrons. The molecule has 10 heavy (non-hydrogen) atoms. The Balaban J connectivity index is 2.19. The van der Waals surface area contributed by atoms with Crippen molar-refractivity contribution in [1.29, 1.82) is 0 Å². The van der Waals surface area contributed by atoms with Crippen molar-refractivity contribution in [2.24, 2.45) is 0 Å². The van der Waals surface area contributed by atoms with Crippen LogP contribution < -0.4 is 0 Å². The third kappa shape index (κ3) is 2.35. The minimum Gasteiger partial charge on any atom is -0.293 e. The number of nitrogens with zero attached hydrogens (tertiary/aromatic N) is 1. The van der Waals surface area contributed by atoms with Gasteiger partial charge in [-0.05, 0) is 25.9 Å². The van der Waals surface area contributed by atoms with Crippen molar-refractivity contribution in [2.75, 3.05) is 19.6 Å². The van der Waals surface area contributed by atoms with E-state index in [1.807, 2.05) is 4.90 Å². The van der Waals surface area contributed by atoms with Gasteiger partial charge in [-0.15, -0.1) is 0 Å². The van der Waals surface area contributed by atoms with E-state index in [2.05, 4.69) is 0 Å². The molecule has 0 unspecified atom stereocenters. The van der Waals surface area contributed by atoms with E-state index in [9.17, 15) is 9.90 Å². The Hall–Kier alpha value is -0.570. The lowest BCUT2D eigenvalue weighted by Crippen LogP contribution is -2.33. The fraction of sp³-hybridized carbons (Fsp3) is 0.857. The number of carbonyl (C=O) groups is 1. The summed E-state index contributed by atoms with van der Waals surface area (Å²) in [6, 6.07) is 0. The summed E-state index contributed by atoms with van der Waals surface area (Å²) in [6.07, 6.45) is 3.50. The standard InChI is InChI=1S/C7H12NO2/c9-7(10)6-8-4-2-1-3-5-8/h1-6H2. The molecular formula is C7H12NO2. The fourth-order valence-corrected chi connectivity index (χ4v) is 1.30. The second-order valence-corrected chi connectivity index (χ2v) is 2.71. The molecular weight excluding hydrogens is 130 g/mol. The van der Waals surface area contributed by atoms with E-state index in [0.717, 1.165) is 25.9 Å². The summed E-state index contributed by atoms with van der Waals surface area (Å²) in [5.74, 6) is -0.957. The highest BCUT2D eigenvalue weighted by Crippen LogP contribution is 2.07. The minimum atomic E-state index is -0.957. The molecule has 0 aliphatic carbocycles. The van der Waals surface area contributed by atoms with Crippen molar-refractivity contribution in [3.8, 4) is 0 Å². The van der Waals surface area contributed by atoms with Gasteiger partial charge in [0.15, 0.2) is 0 Å². The number of hydrogen-bond acceptors (Lipinski definition) is 2. The van der Waals surface area contributed by atoms with Crippen LogP contribution in [0.3, 0.4) is 0 Å². The number of hydrogen-bond donors (Lipinski definition) is 0. The molecule has 3 heteroatoms. The maximum Gasteiger partial charge on any atom is 0.369 e. The van der Waals surface area contributed by atoms with Crippen molar-refractivity contribution in [2.45, 2.75) is 19.3 Å². The van der Waals surface area contributed by atoms with E-state index < -0.39 is 5.97 Å². The predicted octanol–water partition coefficient (Wildman–Crippen LogP) is 0.429. The van der Waals surface area contributed by atoms with Gasteiger partial charge in [0.2, 0.25) is 0 Å². The summed E-state index contributed by atoms with van der Waals surface area (Å²) in [4.78, 5) is 12.0. The SMILES string of the molecule is [O]C(=O)CN1CCCCC1. The predicted molar refractivity (Wildman–Crippen MR) is 36.0 cm³/mol. The lowest BCUT2D eigenvalue weighted by Gasteiger charge is -2.23. The molecule has 0 N–H and O–H groups in total. The Bertz CT molecular complexity index is 119. The fourth-order valence-electron chi connectivity index (χ4n) is 1.30. The molecule has 0 saturated carbocycles. The highest BCUT2D eigenvalue weighted by molar-refractivity contribution is 5.68. The molecule has 0 spiro atoms. The number of rotatable bonds is 2. The molecule has 1 saturated heterocycles. The third-order valence-electron chi connectivity index (χ3n) is 1.80. The van der Waals surface area contributed by atoms with E-state index >= 15 is 0 Å². The van der Waals surface area contributed by atoms with Crippen LogP contribution in [-0.2, 0) is 9.90 Å². The zero-order chi connectivity index (χ0) is 7.40. The molecule has 1 rings (SSSR count). The first-order valence-electron chi connectivity index (χ1n) is 3.71. The maximum absolute atomic E-state index is 10.1. The summed E-state index contributed by atoms with van der Waals surface area (Å²) < 4.78 is 0. The van der Waals surface area contributed by atoms with E-state index in [1.165, 1.54) is 6.42 Å². The number of carbonyl (C=O) groups excluding carboxylic acids is 1. The third-order valence-corrected chi connectivity index (χ3v) is 1.80. The molecule has 3 nitrogen and oxygen atoms in total. The molecule has 1 heterocycles. The molecule has 1 aliphatic heterocycles. The second-order valence-electron chi connectivity index (χ2n) is 2.71. The van der Waals surface area contributed by atoms with Crippen molar-refractivity contribution in [3.63, 3.8) is 0 Å². The van der Waals surface area contributed by atoms with Gasteiger partial charge in [-0.3, -0.25) is 4.90 Å². The molecule has 1 aliphatic rings. The first kappa shape index (κ1) is 7.54. The van der Waals surface area contributed by atoms with Crippen LogP contribution in [0.5, 0.6) is 0 Å². The second kappa shape index (κ2) is 3.56. The molecule has 1 radical (unpaired) electrons. The molecule has 0 amide bonds. The van der Waals surface area contributed by atoms with E-state index in [1.54, 1.807) is 0 Å². The van der Waals surface area contributed by atoms with Gasteiger partial charge in [0.05, 0.1) is 0 Å². The monoisotopic (exact) mass is 142 g/mol. The van der Waals surface area contributed by atoms with E-state index in [-0.39, 0.29) is 6.54 Å². The van der Waals surface area contributed by atoms with Crippen LogP contribution in [-0.4, -0.2) is 30.5 Å². The van der Waals surface area contributed by atoms with Gasteiger partial charge in [-0.25, -0.2) is 9.90 Å². The highest BCUT2D eigenvalue weighted by Gasteiger charge is 2.13. The van der Waals surface area contributed by atoms with Crippen LogP contribution >= 0.6 is 0 Å². The molecule has 0 aromatic carbocycles. The Morgan fingerprint density at radius 1 is 1.20 bits per heavy atom. The summed E-state index contributed by atoms with van der Waals surface area (Å²) in [6.45, 7) is 1.96. The van der Waals surface area contributed by atoms with E-state index in [4.69, 9.17) is 0 Å². The summed E-state index contributed by atoms with van der Waals surface area (Å²) >= 11 is 0. The van der Waals surface area contributed by atoms with Gasteiger partial charge in [0, 0.05) is 0 Å².